The van der Waals surface area contributed by atoms with Crippen LogP contribution in [0.5, 0.6) is 11.6 Å². The van der Waals surface area contributed by atoms with Gasteiger partial charge in [0.1, 0.15) is 17.4 Å². The van der Waals surface area contributed by atoms with E-state index in [0.717, 1.165) is 12.1 Å². The third-order valence-corrected chi connectivity index (χ3v) is 2.91. The maximum atomic E-state index is 12.6. The molecule has 108 valence electrons. The Morgan fingerprint density at radius 2 is 1.90 bits per heavy atom. The summed E-state index contributed by atoms with van der Waals surface area (Å²) in [7, 11) is 0. The van der Waals surface area contributed by atoms with Crippen LogP contribution in [0.15, 0.2) is 24.3 Å². The number of hydrogen-bond acceptors (Lipinski definition) is 4. The Morgan fingerprint density at radius 1 is 1.19 bits per heavy atom. The summed E-state index contributed by atoms with van der Waals surface area (Å²) in [6.07, 6.45) is -4.47. The summed E-state index contributed by atoms with van der Waals surface area (Å²) in [5.74, 6) is -0.168. The average molecular weight is 293 g/mol. The fourth-order valence-corrected chi connectivity index (χ4v) is 1.64. The Labute approximate surface area is 118 Å². The van der Waals surface area contributed by atoms with Crippen molar-refractivity contribution in [1.29, 1.82) is 5.26 Å². The fraction of sp³-hybridized carbons (Fsp3) is 0.214. The van der Waals surface area contributed by atoms with Crippen molar-refractivity contribution in [3.05, 3.63) is 46.6 Å². The van der Waals surface area contributed by atoms with Crippen molar-refractivity contribution in [2.75, 3.05) is 0 Å². The van der Waals surface area contributed by atoms with Gasteiger partial charge in [-0.25, -0.2) is 0 Å². The van der Waals surface area contributed by atoms with Gasteiger partial charge in [0.15, 0.2) is 0 Å². The second-order valence-electron chi connectivity index (χ2n) is 4.33. The summed E-state index contributed by atoms with van der Waals surface area (Å²) in [6.45, 7) is 3.35. The highest BCUT2D eigenvalue weighted by Gasteiger charge is 2.30. The Kier molecular flexibility index (Phi) is 3.80. The van der Waals surface area contributed by atoms with E-state index in [1.165, 1.54) is 12.1 Å². The predicted molar refractivity (Wildman–Crippen MR) is 67.7 cm³/mol. The summed E-state index contributed by atoms with van der Waals surface area (Å²) in [4.78, 5) is 0. The lowest BCUT2D eigenvalue weighted by Crippen LogP contribution is -2.05. The third kappa shape index (κ3) is 3.11. The molecule has 0 fully saturated rings. The Balaban J connectivity index is 2.40. The molecule has 0 amide bonds. The third-order valence-electron chi connectivity index (χ3n) is 2.91. The lowest BCUT2D eigenvalue weighted by Gasteiger charge is -2.11. The second-order valence-corrected chi connectivity index (χ2v) is 4.33. The van der Waals surface area contributed by atoms with Crippen molar-refractivity contribution in [3.8, 4) is 17.7 Å². The molecule has 0 radical (unpaired) electrons. The maximum absolute atomic E-state index is 12.6. The van der Waals surface area contributed by atoms with Gasteiger partial charge in [-0.1, -0.05) is 6.07 Å². The number of halogens is 3. The number of hydrogen-bond donors (Lipinski definition) is 0. The molecule has 1 aromatic heterocycles. The first kappa shape index (κ1) is 14.8. The van der Waals surface area contributed by atoms with Gasteiger partial charge in [-0.2, -0.15) is 23.5 Å². The van der Waals surface area contributed by atoms with Gasteiger partial charge in [0.05, 0.1) is 11.3 Å². The normalized spacial score (nSPS) is 11.0. The molecule has 2 aromatic rings. The van der Waals surface area contributed by atoms with E-state index in [4.69, 9.17) is 10.00 Å². The Morgan fingerprint density at radius 3 is 2.52 bits per heavy atom. The van der Waals surface area contributed by atoms with E-state index < -0.39 is 11.7 Å². The van der Waals surface area contributed by atoms with E-state index in [1.54, 1.807) is 13.8 Å². The van der Waals surface area contributed by atoms with Crippen molar-refractivity contribution < 1.29 is 17.9 Å². The smallest absolute Gasteiger partial charge is 0.416 e. The molecule has 2 rings (SSSR count). The average Bonchev–Trinajstić information content (AvgIpc) is 2.43. The van der Waals surface area contributed by atoms with Crippen LogP contribution in [-0.2, 0) is 6.18 Å². The summed E-state index contributed by atoms with van der Waals surface area (Å²) in [6, 6.07) is 6.28. The molecule has 0 N–H and O–H groups in total. The fourth-order valence-electron chi connectivity index (χ4n) is 1.64. The first-order valence-corrected chi connectivity index (χ1v) is 5.92. The van der Waals surface area contributed by atoms with Crippen LogP contribution in [0.1, 0.15) is 22.4 Å². The van der Waals surface area contributed by atoms with E-state index in [1.807, 2.05) is 6.07 Å². The van der Waals surface area contributed by atoms with Gasteiger partial charge >= 0.3 is 6.18 Å². The van der Waals surface area contributed by atoms with Gasteiger partial charge in [0.25, 0.3) is 5.88 Å². The predicted octanol–water partition coefficient (Wildman–Crippen LogP) is 3.78. The van der Waals surface area contributed by atoms with Gasteiger partial charge in [0.2, 0.25) is 0 Å². The van der Waals surface area contributed by atoms with Gasteiger partial charge in [-0.3, -0.25) is 0 Å². The molecule has 0 saturated heterocycles. The zero-order valence-electron chi connectivity index (χ0n) is 11.2. The number of nitrogens with zero attached hydrogens (tertiary/aromatic N) is 3. The molecule has 4 nitrogen and oxygen atoms in total. The Hall–Kier alpha value is -2.62. The van der Waals surface area contributed by atoms with Crippen molar-refractivity contribution >= 4 is 0 Å². The van der Waals surface area contributed by atoms with E-state index in [2.05, 4.69) is 10.2 Å². The van der Waals surface area contributed by atoms with Crippen molar-refractivity contribution in [2.45, 2.75) is 20.0 Å². The lowest BCUT2D eigenvalue weighted by molar-refractivity contribution is -0.137. The molecule has 7 heteroatoms. The zero-order chi connectivity index (χ0) is 15.6. The molecule has 0 aliphatic rings. The van der Waals surface area contributed by atoms with Gasteiger partial charge < -0.3 is 4.74 Å². The van der Waals surface area contributed by atoms with Crippen LogP contribution >= 0.6 is 0 Å². The number of aryl methyl sites for hydroxylation is 1. The summed E-state index contributed by atoms with van der Waals surface area (Å²) in [5.41, 5.74) is 0.452. The van der Waals surface area contributed by atoms with E-state index in [-0.39, 0.29) is 17.2 Å². The molecule has 0 unspecified atom stereocenters. The minimum absolute atomic E-state index is 0.0566. The molecule has 1 aromatic carbocycles. The number of benzene rings is 1. The van der Waals surface area contributed by atoms with E-state index in [9.17, 15) is 13.2 Å². The Bertz CT molecular complexity index is 720. The largest absolute Gasteiger partial charge is 0.437 e. The van der Waals surface area contributed by atoms with Gasteiger partial charge in [-0.15, -0.1) is 5.10 Å². The van der Waals surface area contributed by atoms with Crippen LogP contribution in [0.3, 0.4) is 0 Å². The summed E-state index contributed by atoms with van der Waals surface area (Å²) >= 11 is 0. The van der Waals surface area contributed by atoms with Crippen LogP contribution in [0.4, 0.5) is 13.2 Å². The maximum Gasteiger partial charge on any atom is 0.416 e. The quantitative estimate of drug-likeness (QED) is 0.845. The topological polar surface area (TPSA) is 58.8 Å². The monoisotopic (exact) mass is 293 g/mol. The van der Waals surface area contributed by atoms with E-state index >= 15 is 0 Å². The molecule has 1 heterocycles. The standard InChI is InChI=1S/C14H10F3N3O/c1-8-9(2)19-20-13(12(8)7-18)21-11-5-3-4-10(6-11)14(15,16)17/h3-6H,1-2H3. The van der Waals surface area contributed by atoms with Crippen LogP contribution < -0.4 is 4.74 Å². The number of rotatable bonds is 2. The molecule has 0 bridgehead atoms. The zero-order valence-corrected chi connectivity index (χ0v) is 11.2. The number of ether oxygens (including phenoxy) is 1. The minimum Gasteiger partial charge on any atom is -0.437 e. The highest BCUT2D eigenvalue weighted by Crippen LogP contribution is 2.33. The first-order valence-electron chi connectivity index (χ1n) is 5.92. The summed E-state index contributed by atoms with van der Waals surface area (Å²) in [5, 5.41) is 16.6. The highest BCUT2D eigenvalue weighted by atomic mass is 19.4. The first-order chi connectivity index (χ1) is 9.82. The molecule has 0 atom stereocenters. The van der Waals surface area contributed by atoms with Crippen LogP contribution in [0.25, 0.3) is 0 Å². The molecule has 0 aliphatic carbocycles. The van der Waals surface area contributed by atoms with Gasteiger partial charge in [-0.05, 0) is 37.6 Å². The van der Waals surface area contributed by atoms with Gasteiger partial charge in [0, 0.05) is 0 Å². The van der Waals surface area contributed by atoms with Crippen molar-refractivity contribution in [1.82, 2.24) is 10.2 Å². The molecule has 0 spiro atoms. The lowest BCUT2D eigenvalue weighted by atomic mass is 10.1. The molecule has 21 heavy (non-hydrogen) atoms. The van der Waals surface area contributed by atoms with Crippen molar-refractivity contribution in [2.24, 2.45) is 0 Å². The number of nitriles is 1. The van der Waals surface area contributed by atoms with E-state index in [0.29, 0.717) is 11.3 Å². The SMILES string of the molecule is Cc1nnc(Oc2cccc(C(F)(F)F)c2)c(C#N)c1C. The number of aromatic nitrogens is 2. The van der Waals surface area contributed by atoms with Crippen molar-refractivity contribution in [3.63, 3.8) is 0 Å². The molecular weight excluding hydrogens is 283 g/mol. The van der Waals surface area contributed by atoms with Crippen LogP contribution in [0, 0.1) is 25.2 Å². The molecule has 0 aliphatic heterocycles. The van der Waals surface area contributed by atoms with Crippen LogP contribution in [0.2, 0.25) is 0 Å². The minimum atomic E-state index is -4.47. The van der Waals surface area contributed by atoms with Crippen LogP contribution in [-0.4, -0.2) is 10.2 Å². The second kappa shape index (κ2) is 5.40. The molecule has 0 saturated carbocycles. The molecular formula is C14H10F3N3O. The number of alkyl halides is 3. The highest BCUT2D eigenvalue weighted by molar-refractivity contribution is 5.46. The summed E-state index contributed by atoms with van der Waals surface area (Å²) < 4.78 is 43.2.